The van der Waals surface area contributed by atoms with E-state index in [9.17, 15) is 23.5 Å². The van der Waals surface area contributed by atoms with E-state index in [2.05, 4.69) is 15.6 Å². The van der Waals surface area contributed by atoms with Crippen molar-refractivity contribution in [3.05, 3.63) is 53.7 Å². The average molecular weight is 307 g/mol. The molecule has 8 heteroatoms. The molecule has 3 N–H and O–H groups in total. The first-order valence-electron chi connectivity index (χ1n) is 6.14. The first-order chi connectivity index (χ1) is 10.5. The number of hydrogen-bond acceptors (Lipinski definition) is 4. The number of carbonyl (C=O) groups excluding carboxylic acids is 2. The first kappa shape index (κ1) is 15.4. The number of amides is 2. The minimum Gasteiger partial charge on any atom is -0.504 e. The summed E-state index contributed by atoms with van der Waals surface area (Å²) in [6, 6.07) is 5.46. The number of rotatable bonds is 4. The maximum Gasteiger partial charge on any atom is 0.251 e. The van der Waals surface area contributed by atoms with Crippen LogP contribution in [0.2, 0.25) is 0 Å². The molecule has 2 rings (SSSR count). The summed E-state index contributed by atoms with van der Waals surface area (Å²) in [4.78, 5) is 27.0. The van der Waals surface area contributed by atoms with Crippen LogP contribution >= 0.6 is 0 Å². The predicted octanol–water partition coefficient (Wildman–Crippen LogP) is 1.43. The summed E-state index contributed by atoms with van der Waals surface area (Å²) in [6.07, 6.45) is 1.37. The van der Waals surface area contributed by atoms with Crippen LogP contribution in [-0.4, -0.2) is 28.4 Å². The van der Waals surface area contributed by atoms with Crippen LogP contribution in [0.25, 0.3) is 0 Å². The Kier molecular flexibility index (Phi) is 4.62. The van der Waals surface area contributed by atoms with Crippen LogP contribution in [0.1, 0.15) is 10.4 Å². The van der Waals surface area contributed by atoms with E-state index in [-0.39, 0.29) is 17.1 Å². The van der Waals surface area contributed by atoms with E-state index in [4.69, 9.17) is 0 Å². The van der Waals surface area contributed by atoms with E-state index in [1.807, 2.05) is 0 Å². The zero-order valence-electron chi connectivity index (χ0n) is 11.1. The van der Waals surface area contributed by atoms with Crippen molar-refractivity contribution in [1.82, 2.24) is 10.3 Å². The van der Waals surface area contributed by atoms with Crippen molar-refractivity contribution in [3.63, 3.8) is 0 Å². The Hall–Kier alpha value is -3.03. The van der Waals surface area contributed by atoms with Gasteiger partial charge in [-0.1, -0.05) is 0 Å². The third-order valence-electron chi connectivity index (χ3n) is 2.64. The van der Waals surface area contributed by atoms with Gasteiger partial charge >= 0.3 is 0 Å². The fourth-order valence-corrected chi connectivity index (χ4v) is 1.57. The fourth-order valence-electron chi connectivity index (χ4n) is 1.57. The Balaban J connectivity index is 1.92. The molecule has 22 heavy (non-hydrogen) atoms. The van der Waals surface area contributed by atoms with Crippen molar-refractivity contribution in [2.24, 2.45) is 0 Å². The van der Waals surface area contributed by atoms with Crippen LogP contribution in [0, 0.1) is 11.6 Å². The Morgan fingerprint density at radius 1 is 1.18 bits per heavy atom. The Morgan fingerprint density at radius 2 is 1.95 bits per heavy atom. The van der Waals surface area contributed by atoms with Crippen LogP contribution in [0.3, 0.4) is 0 Å². The third kappa shape index (κ3) is 3.75. The van der Waals surface area contributed by atoms with Gasteiger partial charge in [-0.15, -0.1) is 0 Å². The van der Waals surface area contributed by atoms with Gasteiger partial charge in [0.1, 0.15) is 0 Å². The topological polar surface area (TPSA) is 91.3 Å². The van der Waals surface area contributed by atoms with Crippen LogP contribution in [0.4, 0.5) is 14.6 Å². The van der Waals surface area contributed by atoms with E-state index >= 15 is 0 Å². The van der Waals surface area contributed by atoms with E-state index in [1.54, 1.807) is 0 Å². The zero-order valence-corrected chi connectivity index (χ0v) is 11.1. The summed E-state index contributed by atoms with van der Waals surface area (Å²) in [5.74, 6) is -3.86. The number of nitrogens with zero attached hydrogens (tertiary/aromatic N) is 1. The average Bonchev–Trinajstić information content (AvgIpc) is 2.50. The molecule has 6 nitrogen and oxygen atoms in total. The second kappa shape index (κ2) is 6.61. The number of nitrogens with one attached hydrogen (secondary N) is 2. The lowest BCUT2D eigenvalue weighted by Crippen LogP contribution is -2.33. The number of anilines is 1. The molecular weight excluding hydrogens is 296 g/mol. The Labute approximate surface area is 123 Å². The highest BCUT2D eigenvalue weighted by Gasteiger charge is 2.12. The predicted molar refractivity (Wildman–Crippen MR) is 73.2 cm³/mol. The molecule has 0 radical (unpaired) electrons. The second-order valence-electron chi connectivity index (χ2n) is 4.23. The first-order valence-corrected chi connectivity index (χ1v) is 6.14. The molecule has 0 atom stereocenters. The van der Waals surface area contributed by atoms with Crippen LogP contribution < -0.4 is 10.6 Å². The standard InChI is InChI=1S/C14H11F2N3O3/c15-9-4-3-8(6-10(9)16)14(22)18-7-12(21)19-13-11(20)2-1-5-17-13/h1-6,20H,7H2,(H,18,22)(H,17,19,21). The van der Waals surface area contributed by atoms with E-state index in [0.717, 1.165) is 18.2 Å². The second-order valence-corrected chi connectivity index (χ2v) is 4.23. The zero-order chi connectivity index (χ0) is 16.1. The molecule has 1 aromatic heterocycles. The maximum absolute atomic E-state index is 13.0. The highest BCUT2D eigenvalue weighted by Crippen LogP contribution is 2.17. The lowest BCUT2D eigenvalue weighted by Gasteiger charge is -2.07. The van der Waals surface area contributed by atoms with Gasteiger partial charge in [-0.2, -0.15) is 0 Å². The summed E-state index contributed by atoms with van der Waals surface area (Å²) in [5, 5.41) is 14.0. The van der Waals surface area contributed by atoms with Crippen molar-refractivity contribution >= 4 is 17.6 Å². The molecule has 0 aliphatic rings. The van der Waals surface area contributed by atoms with Crippen LogP contribution in [-0.2, 0) is 4.79 Å². The van der Waals surface area contributed by atoms with Crippen molar-refractivity contribution in [2.45, 2.75) is 0 Å². The molecule has 0 aliphatic heterocycles. The molecule has 0 bridgehead atoms. The van der Waals surface area contributed by atoms with Gasteiger partial charge in [0.25, 0.3) is 5.91 Å². The summed E-state index contributed by atoms with van der Waals surface area (Å²) < 4.78 is 25.8. The largest absolute Gasteiger partial charge is 0.504 e. The molecule has 0 saturated carbocycles. The number of hydrogen-bond donors (Lipinski definition) is 3. The SMILES string of the molecule is O=C(CNC(=O)c1ccc(F)c(F)c1)Nc1ncccc1O. The number of aromatic nitrogens is 1. The highest BCUT2D eigenvalue weighted by molar-refractivity contribution is 5.99. The van der Waals surface area contributed by atoms with Crippen LogP contribution in [0.5, 0.6) is 5.75 Å². The summed E-state index contributed by atoms with van der Waals surface area (Å²) in [5.41, 5.74) is -0.118. The van der Waals surface area contributed by atoms with Gasteiger partial charge in [-0.05, 0) is 30.3 Å². The highest BCUT2D eigenvalue weighted by atomic mass is 19.2. The van der Waals surface area contributed by atoms with Gasteiger partial charge in [0.15, 0.2) is 23.2 Å². The van der Waals surface area contributed by atoms with Gasteiger partial charge in [-0.3, -0.25) is 9.59 Å². The van der Waals surface area contributed by atoms with Gasteiger partial charge in [-0.25, -0.2) is 13.8 Å². The molecular formula is C14H11F2N3O3. The lowest BCUT2D eigenvalue weighted by atomic mass is 10.2. The molecule has 0 saturated heterocycles. The van der Waals surface area contributed by atoms with E-state index in [1.165, 1.54) is 18.3 Å². The number of aromatic hydroxyl groups is 1. The molecule has 1 heterocycles. The maximum atomic E-state index is 13.0. The number of pyridine rings is 1. The monoisotopic (exact) mass is 307 g/mol. The van der Waals surface area contributed by atoms with Crippen molar-refractivity contribution in [3.8, 4) is 5.75 Å². The van der Waals surface area contributed by atoms with Gasteiger partial charge in [0.05, 0.1) is 6.54 Å². The molecule has 0 unspecified atom stereocenters. The molecule has 2 aromatic rings. The fraction of sp³-hybridized carbons (Fsp3) is 0.0714. The molecule has 0 fully saturated rings. The minimum absolute atomic E-state index is 0.0467. The molecule has 1 aromatic carbocycles. The smallest absolute Gasteiger partial charge is 0.251 e. The van der Waals surface area contributed by atoms with Crippen LogP contribution in [0.15, 0.2) is 36.5 Å². The van der Waals surface area contributed by atoms with Crippen molar-refractivity contribution in [1.29, 1.82) is 0 Å². The number of carbonyl (C=O) groups is 2. The summed E-state index contributed by atoms with van der Waals surface area (Å²) >= 11 is 0. The quantitative estimate of drug-likeness (QED) is 0.797. The molecule has 2 amide bonds. The molecule has 0 spiro atoms. The van der Waals surface area contributed by atoms with Crippen molar-refractivity contribution in [2.75, 3.05) is 11.9 Å². The number of halogens is 2. The van der Waals surface area contributed by atoms with E-state index < -0.39 is 30.0 Å². The molecule has 0 aliphatic carbocycles. The van der Waals surface area contributed by atoms with Crippen molar-refractivity contribution < 1.29 is 23.5 Å². The van der Waals surface area contributed by atoms with E-state index in [0.29, 0.717) is 0 Å². The summed E-state index contributed by atoms with van der Waals surface area (Å²) in [7, 11) is 0. The van der Waals surface area contributed by atoms with Gasteiger partial charge < -0.3 is 15.7 Å². The van der Waals surface area contributed by atoms with Gasteiger partial charge in [0.2, 0.25) is 5.91 Å². The van der Waals surface area contributed by atoms with Gasteiger partial charge in [0, 0.05) is 11.8 Å². The lowest BCUT2D eigenvalue weighted by molar-refractivity contribution is -0.115. The normalized spacial score (nSPS) is 10.1. The Bertz CT molecular complexity index is 722. The summed E-state index contributed by atoms with van der Waals surface area (Å²) in [6.45, 7) is -0.423. The molecule has 114 valence electrons. The Morgan fingerprint density at radius 3 is 2.64 bits per heavy atom. The number of benzene rings is 1. The minimum atomic E-state index is -1.16. The third-order valence-corrected chi connectivity index (χ3v) is 2.64.